The summed E-state index contributed by atoms with van der Waals surface area (Å²) in [6.45, 7) is 7.77. The van der Waals surface area contributed by atoms with E-state index in [1.54, 1.807) is 4.68 Å². The molecule has 0 unspecified atom stereocenters. The van der Waals surface area contributed by atoms with Crippen LogP contribution >= 0.6 is 11.8 Å². The third kappa shape index (κ3) is 5.09. The maximum absolute atomic E-state index is 12.0. The fraction of sp³-hybridized carbons (Fsp3) is 0.389. The zero-order chi connectivity index (χ0) is 18.6. The predicted octanol–water partition coefficient (Wildman–Crippen LogP) is 2.50. The second-order valence-corrected chi connectivity index (χ2v) is 7.08. The van der Waals surface area contributed by atoms with Crippen molar-refractivity contribution < 1.29 is 9.59 Å². The number of anilines is 1. The minimum absolute atomic E-state index is 0.0555. The molecule has 7 heteroatoms. The predicted molar refractivity (Wildman–Crippen MR) is 101 cm³/mol. The Morgan fingerprint density at radius 2 is 1.84 bits per heavy atom. The van der Waals surface area contributed by atoms with Crippen LogP contribution in [0.25, 0.3) is 0 Å². The van der Waals surface area contributed by atoms with E-state index in [-0.39, 0.29) is 24.1 Å². The average Bonchev–Trinajstić information content (AvgIpc) is 2.80. The van der Waals surface area contributed by atoms with Gasteiger partial charge in [0.1, 0.15) is 0 Å². The van der Waals surface area contributed by atoms with Crippen molar-refractivity contribution in [3.8, 4) is 0 Å². The summed E-state index contributed by atoms with van der Waals surface area (Å²) in [5.41, 5.74) is 4.76. The van der Waals surface area contributed by atoms with Crippen LogP contribution in [-0.2, 0) is 16.6 Å². The molecule has 0 atom stereocenters. The molecular formula is C18H24N4O2S. The quantitative estimate of drug-likeness (QED) is 0.776. The number of amides is 2. The Morgan fingerprint density at radius 3 is 2.44 bits per heavy atom. The van der Waals surface area contributed by atoms with E-state index < -0.39 is 0 Å². The normalized spacial score (nSPS) is 10.6. The number of aryl methyl sites for hydroxylation is 4. The Morgan fingerprint density at radius 1 is 1.12 bits per heavy atom. The van der Waals surface area contributed by atoms with Gasteiger partial charge in [-0.15, -0.1) is 11.8 Å². The summed E-state index contributed by atoms with van der Waals surface area (Å²) < 4.78 is 1.71. The summed E-state index contributed by atoms with van der Waals surface area (Å²) in [5, 5.41) is 9.69. The number of thioether (sulfide) groups is 1. The van der Waals surface area contributed by atoms with Gasteiger partial charge in [-0.1, -0.05) is 6.07 Å². The summed E-state index contributed by atoms with van der Waals surface area (Å²) >= 11 is 1.46. The molecule has 1 aromatic heterocycles. The van der Waals surface area contributed by atoms with E-state index in [0.29, 0.717) is 5.69 Å². The molecule has 0 spiro atoms. The Kier molecular flexibility index (Phi) is 6.25. The van der Waals surface area contributed by atoms with Gasteiger partial charge in [0, 0.05) is 11.9 Å². The Hall–Kier alpha value is -2.28. The van der Waals surface area contributed by atoms with Crippen molar-refractivity contribution in [1.29, 1.82) is 0 Å². The molecule has 0 bridgehead atoms. The van der Waals surface area contributed by atoms with Gasteiger partial charge in [0.2, 0.25) is 11.8 Å². The molecule has 0 radical (unpaired) electrons. The standard InChI is InChI=1S/C18H24N4O2S/c1-11-6-7-15(8-12(11)2)25-10-17(24)19-9-16(23)20-18-13(3)21-22(5)14(18)4/h6-8H,9-10H2,1-5H3,(H,19,24)(H,20,23). The van der Waals surface area contributed by atoms with E-state index in [0.717, 1.165) is 16.3 Å². The zero-order valence-electron chi connectivity index (χ0n) is 15.3. The first-order valence-electron chi connectivity index (χ1n) is 8.04. The smallest absolute Gasteiger partial charge is 0.243 e. The highest BCUT2D eigenvalue weighted by Gasteiger charge is 2.13. The van der Waals surface area contributed by atoms with E-state index >= 15 is 0 Å². The molecule has 1 aromatic carbocycles. The fourth-order valence-corrected chi connectivity index (χ4v) is 3.14. The van der Waals surface area contributed by atoms with Gasteiger partial charge in [0.15, 0.2) is 0 Å². The lowest BCUT2D eigenvalue weighted by molar-refractivity contribution is -0.122. The molecule has 0 fully saturated rings. The largest absolute Gasteiger partial charge is 0.346 e. The van der Waals surface area contributed by atoms with E-state index in [9.17, 15) is 9.59 Å². The highest BCUT2D eigenvalue weighted by atomic mass is 32.2. The van der Waals surface area contributed by atoms with Gasteiger partial charge in [0.25, 0.3) is 0 Å². The molecule has 0 aliphatic rings. The maximum atomic E-state index is 12.0. The van der Waals surface area contributed by atoms with Gasteiger partial charge in [0.05, 0.1) is 29.4 Å². The molecule has 0 aliphatic heterocycles. The van der Waals surface area contributed by atoms with Crippen LogP contribution in [0, 0.1) is 27.7 Å². The van der Waals surface area contributed by atoms with Crippen LogP contribution in [0.2, 0.25) is 0 Å². The van der Waals surface area contributed by atoms with Crippen molar-refractivity contribution in [3.05, 3.63) is 40.7 Å². The topological polar surface area (TPSA) is 76.0 Å². The van der Waals surface area contributed by atoms with Crippen molar-refractivity contribution in [2.45, 2.75) is 32.6 Å². The minimum atomic E-state index is -0.260. The highest BCUT2D eigenvalue weighted by Crippen LogP contribution is 2.21. The number of carbonyl (C=O) groups excluding carboxylic acids is 2. The number of nitrogens with zero attached hydrogens (tertiary/aromatic N) is 2. The van der Waals surface area contributed by atoms with Gasteiger partial charge in [-0.2, -0.15) is 5.10 Å². The third-order valence-corrected chi connectivity index (χ3v) is 5.06. The molecule has 25 heavy (non-hydrogen) atoms. The molecule has 6 nitrogen and oxygen atoms in total. The molecule has 134 valence electrons. The summed E-state index contributed by atoms with van der Waals surface area (Å²) in [7, 11) is 1.82. The number of carbonyl (C=O) groups is 2. The van der Waals surface area contributed by atoms with E-state index in [4.69, 9.17) is 0 Å². The molecular weight excluding hydrogens is 336 g/mol. The fourth-order valence-electron chi connectivity index (χ4n) is 2.32. The number of benzene rings is 1. The van der Waals surface area contributed by atoms with Crippen LogP contribution in [0.5, 0.6) is 0 Å². The van der Waals surface area contributed by atoms with Crippen LogP contribution in [0.4, 0.5) is 5.69 Å². The summed E-state index contributed by atoms with van der Waals surface area (Å²) in [6.07, 6.45) is 0. The van der Waals surface area contributed by atoms with Crippen LogP contribution in [0.15, 0.2) is 23.1 Å². The molecule has 2 rings (SSSR count). The molecule has 0 aliphatic carbocycles. The first kappa shape index (κ1) is 19.1. The van der Waals surface area contributed by atoms with Crippen LogP contribution in [0.1, 0.15) is 22.5 Å². The van der Waals surface area contributed by atoms with Crippen molar-refractivity contribution in [1.82, 2.24) is 15.1 Å². The Bertz CT molecular complexity index is 799. The third-order valence-electron chi connectivity index (χ3n) is 4.07. The molecule has 2 N–H and O–H groups in total. The second kappa shape index (κ2) is 8.20. The molecule has 0 saturated heterocycles. The first-order valence-corrected chi connectivity index (χ1v) is 9.03. The minimum Gasteiger partial charge on any atom is -0.346 e. The van der Waals surface area contributed by atoms with E-state index in [1.165, 1.54) is 22.9 Å². The van der Waals surface area contributed by atoms with Gasteiger partial charge >= 0.3 is 0 Å². The highest BCUT2D eigenvalue weighted by molar-refractivity contribution is 8.00. The lowest BCUT2D eigenvalue weighted by Gasteiger charge is -2.08. The second-order valence-electron chi connectivity index (χ2n) is 6.03. The van der Waals surface area contributed by atoms with Gasteiger partial charge in [-0.3, -0.25) is 14.3 Å². The molecule has 2 amide bonds. The summed E-state index contributed by atoms with van der Waals surface area (Å²) in [4.78, 5) is 25.0. The number of hydrogen-bond acceptors (Lipinski definition) is 4. The Balaban J connectivity index is 1.79. The molecule has 2 aromatic rings. The van der Waals surface area contributed by atoms with E-state index in [1.807, 2.05) is 40.0 Å². The Labute approximate surface area is 152 Å². The van der Waals surface area contributed by atoms with Gasteiger partial charge in [-0.05, 0) is 51.0 Å². The van der Waals surface area contributed by atoms with Crippen molar-refractivity contribution >= 4 is 29.3 Å². The van der Waals surface area contributed by atoms with Crippen LogP contribution < -0.4 is 10.6 Å². The number of nitrogens with one attached hydrogen (secondary N) is 2. The first-order chi connectivity index (χ1) is 11.8. The average molecular weight is 360 g/mol. The lowest BCUT2D eigenvalue weighted by atomic mass is 10.1. The number of aromatic nitrogens is 2. The van der Waals surface area contributed by atoms with Crippen molar-refractivity contribution in [2.24, 2.45) is 7.05 Å². The number of rotatable bonds is 6. The molecule has 1 heterocycles. The van der Waals surface area contributed by atoms with Gasteiger partial charge < -0.3 is 10.6 Å². The SMILES string of the molecule is Cc1ccc(SCC(=O)NCC(=O)Nc2c(C)nn(C)c2C)cc1C. The lowest BCUT2D eigenvalue weighted by Crippen LogP contribution is -2.34. The summed E-state index contributed by atoms with van der Waals surface area (Å²) in [5.74, 6) is -0.150. The zero-order valence-corrected chi connectivity index (χ0v) is 16.1. The monoisotopic (exact) mass is 360 g/mol. The van der Waals surface area contributed by atoms with Crippen molar-refractivity contribution in [3.63, 3.8) is 0 Å². The summed E-state index contributed by atoms with van der Waals surface area (Å²) in [6, 6.07) is 6.11. The molecule has 0 saturated carbocycles. The van der Waals surface area contributed by atoms with E-state index in [2.05, 4.69) is 28.7 Å². The maximum Gasteiger partial charge on any atom is 0.243 e. The van der Waals surface area contributed by atoms with Crippen molar-refractivity contribution in [2.75, 3.05) is 17.6 Å². The van der Waals surface area contributed by atoms with Gasteiger partial charge in [-0.25, -0.2) is 0 Å². The number of hydrogen-bond donors (Lipinski definition) is 2. The van der Waals surface area contributed by atoms with Crippen LogP contribution in [0.3, 0.4) is 0 Å². The van der Waals surface area contributed by atoms with Crippen LogP contribution in [-0.4, -0.2) is 33.9 Å².